The number of rotatable bonds is 7. The van der Waals surface area contributed by atoms with E-state index in [-0.39, 0.29) is 42.0 Å². The third kappa shape index (κ3) is 6.52. The molecule has 0 aliphatic heterocycles. The van der Waals surface area contributed by atoms with E-state index in [1.807, 2.05) is 11.4 Å². The fourth-order valence-corrected chi connectivity index (χ4v) is 3.06. The van der Waals surface area contributed by atoms with Gasteiger partial charge in [-0.05, 0) is 44.1 Å². The van der Waals surface area contributed by atoms with Crippen LogP contribution >= 0.6 is 35.3 Å². The Kier molecular flexibility index (Phi) is 9.30. The molecule has 8 heteroatoms. The first kappa shape index (κ1) is 21.8. The molecule has 0 spiro atoms. The van der Waals surface area contributed by atoms with Crippen molar-refractivity contribution >= 4 is 41.3 Å². The van der Waals surface area contributed by atoms with Crippen molar-refractivity contribution in [1.29, 1.82) is 0 Å². The predicted octanol–water partition coefficient (Wildman–Crippen LogP) is 3.39. The molecule has 1 heterocycles. The number of likely N-dealkylation sites (N-methyl/N-ethyl adjacent to an activating group) is 1. The SMILES string of the molecule is CN(C)C(CN=C(N)NCCc1cccs1)c1c(F)cccc1F.I. The Morgan fingerprint density at radius 2 is 1.92 bits per heavy atom. The monoisotopic (exact) mass is 480 g/mol. The lowest BCUT2D eigenvalue weighted by Crippen LogP contribution is -2.34. The van der Waals surface area contributed by atoms with Crippen molar-refractivity contribution in [2.24, 2.45) is 10.7 Å². The van der Waals surface area contributed by atoms with Crippen LogP contribution in [-0.4, -0.2) is 38.0 Å². The summed E-state index contributed by atoms with van der Waals surface area (Å²) in [5.74, 6) is -0.878. The van der Waals surface area contributed by atoms with Crippen LogP contribution in [0.2, 0.25) is 0 Å². The second kappa shape index (κ2) is 10.7. The van der Waals surface area contributed by atoms with Gasteiger partial charge in [-0.3, -0.25) is 4.99 Å². The largest absolute Gasteiger partial charge is 0.370 e. The number of thiophene rings is 1. The van der Waals surface area contributed by atoms with E-state index >= 15 is 0 Å². The molecule has 1 aromatic heterocycles. The number of aliphatic imine (C=N–C) groups is 1. The second-order valence-corrected chi connectivity index (χ2v) is 6.63. The summed E-state index contributed by atoms with van der Waals surface area (Å²) >= 11 is 1.69. The number of nitrogens with two attached hydrogens (primary N) is 1. The van der Waals surface area contributed by atoms with Gasteiger partial charge in [-0.25, -0.2) is 8.78 Å². The van der Waals surface area contributed by atoms with Crippen LogP contribution in [0.4, 0.5) is 8.78 Å². The third-order valence-electron chi connectivity index (χ3n) is 3.65. The summed E-state index contributed by atoms with van der Waals surface area (Å²) in [6, 6.07) is 7.39. The van der Waals surface area contributed by atoms with E-state index in [1.54, 1.807) is 30.3 Å². The molecule has 3 N–H and O–H groups in total. The molecule has 0 saturated heterocycles. The lowest BCUT2D eigenvalue weighted by Gasteiger charge is -2.24. The Morgan fingerprint density at radius 3 is 2.48 bits per heavy atom. The molecular formula is C17H23F2IN4S. The van der Waals surface area contributed by atoms with Crippen molar-refractivity contribution in [3.05, 3.63) is 57.8 Å². The summed E-state index contributed by atoms with van der Waals surface area (Å²) in [5.41, 5.74) is 5.86. The first-order valence-electron chi connectivity index (χ1n) is 7.65. The van der Waals surface area contributed by atoms with Gasteiger partial charge in [0.15, 0.2) is 5.96 Å². The van der Waals surface area contributed by atoms with E-state index in [0.717, 1.165) is 6.42 Å². The fraction of sp³-hybridized carbons (Fsp3) is 0.353. The summed E-state index contributed by atoms with van der Waals surface area (Å²) < 4.78 is 28.0. The maximum absolute atomic E-state index is 14.0. The standard InChI is InChI=1S/C17H22F2N4S.HI/c1-23(2)15(16-13(18)6-3-7-14(16)19)11-22-17(20)21-9-8-12-5-4-10-24-12;/h3-7,10,15H,8-9,11H2,1-2H3,(H3,20,21,22);1H. The molecule has 0 radical (unpaired) electrons. The van der Waals surface area contributed by atoms with Crippen molar-refractivity contribution in [2.45, 2.75) is 12.5 Å². The Labute approximate surface area is 168 Å². The minimum atomic E-state index is -0.576. The molecule has 0 fully saturated rings. The van der Waals surface area contributed by atoms with Crippen molar-refractivity contribution < 1.29 is 8.78 Å². The molecule has 4 nitrogen and oxygen atoms in total. The number of halogens is 3. The van der Waals surface area contributed by atoms with Crippen LogP contribution in [0.5, 0.6) is 0 Å². The first-order valence-corrected chi connectivity index (χ1v) is 8.53. The maximum Gasteiger partial charge on any atom is 0.188 e. The average molecular weight is 480 g/mol. The van der Waals surface area contributed by atoms with E-state index in [1.165, 1.54) is 23.1 Å². The average Bonchev–Trinajstić information content (AvgIpc) is 3.03. The second-order valence-electron chi connectivity index (χ2n) is 5.60. The minimum Gasteiger partial charge on any atom is -0.370 e. The zero-order chi connectivity index (χ0) is 17.5. The Morgan fingerprint density at radius 1 is 1.24 bits per heavy atom. The smallest absolute Gasteiger partial charge is 0.188 e. The number of hydrogen-bond donors (Lipinski definition) is 2. The highest BCUT2D eigenvalue weighted by molar-refractivity contribution is 14.0. The molecular weight excluding hydrogens is 457 g/mol. The van der Waals surface area contributed by atoms with E-state index in [9.17, 15) is 8.78 Å². The van der Waals surface area contributed by atoms with E-state index in [0.29, 0.717) is 6.54 Å². The Balaban J connectivity index is 0.00000312. The van der Waals surface area contributed by atoms with Gasteiger partial charge in [0.05, 0.1) is 12.6 Å². The minimum absolute atomic E-state index is 0. The summed E-state index contributed by atoms with van der Waals surface area (Å²) in [6.45, 7) is 0.833. The van der Waals surface area contributed by atoms with Gasteiger partial charge >= 0.3 is 0 Å². The quantitative estimate of drug-likeness (QED) is 0.363. The van der Waals surface area contributed by atoms with Crippen LogP contribution in [0, 0.1) is 11.6 Å². The lowest BCUT2D eigenvalue weighted by molar-refractivity contribution is 0.290. The number of guanidine groups is 1. The highest BCUT2D eigenvalue weighted by Crippen LogP contribution is 2.24. The number of nitrogens with one attached hydrogen (secondary N) is 1. The zero-order valence-electron chi connectivity index (χ0n) is 14.2. The van der Waals surface area contributed by atoms with Gasteiger partial charge in [-0.15, -0.1) is 35.3 Å². The van der Waals surface area contributed by atoms with Gasteiger partial charge in [-0.2, -0.15) is 0 Å². The van der Waals surface area contributed by atoms with E-state index in [2.05, 4.69) is 16.4 Å². The van der Waals surface area contributed by atoms with Crippen LogP contribution in [0.1, 0.15) is 16.5 Å². The molecule has 1 aromatic carbocycles. The van der Waals surface area contributed by atoms with Crippen LogP contribution in [-0.2, 0) is 6.42 Å². The normalized spacial score (nSPS) is 12.8. The molecule has 25 heavy (non-hydrogen) atoms. The molecule has 0 aliphatic rings. The summed E-state index contributed by atoms with van der Waals surface area (Å²) in [4.78, 5) is 7.22. The summed E-state index contributed by atoms with van der Waals surface area (Å²) in [6.07, 6.45) is 0.854. The lowest BCUT2D eigenvalue weighted by atomic mass is 10.0. The molecule has 2 rings (SSSR count). The van der Waals surface area contributed by atoms with E-state index in [4.69, 9.17) is 5.73 Å². The Bertz CT molecular complexity index is 657. The van der Waals surface area contributed by atoms with Gasteiger partial charge in [0, 0.05) is 17.0 Å². The molecule has 2 aromatic rings. The van der Waals surface area contributed by atoms with Crippen LogP contribution < -0.4 is 11.1 Å². The Hall–Kier alpha value is -1.26. The molecule has 138 valence electrons. The number of benzene rings is 1. The summed E-state index contributed by atoms with van der Waals surface area (Å²) in [5, 5.41) is 5.05. The predicted molar refractivity (Wildman–Crippen MR) is 111 cm³/mol. The van der Waals surface area contributed by atoms with Crippen molar-refractivity contribution in [1.82, 2.24) is 10.2 Å². The topological polar surface area (TPSA) is 53.6 Å². The van der Waals surface area contributed by atoms with Crippen molar-refractivity contribution in [3.63, 3.8) is 0 Å². The van der Waals surface area contributed by atoms with Gasteiger partial charge in [-0.1, -0.05) is 12.1 Å². The summed E-state index contributed by atoms with van der Waals surface area (Å²) in [7, 11) is 3.51. The van der Waals surface area contributed by atoms with Crippen LogP contribution in [0.25, 0.3) is 0 Å². The van der Waals surface area contributed by atoms with E-state index < -0.39 is 17.7 Å². The van der Waals surface area contributed by atoms with Gasteiger partial charge in [0.25, 0.3) is 0 Å². The first-order chi connectivity index (χ1) is 11.5. The van der Waals surface area contributed by atoms with Crippen molar-refractivity contribution in [2.75, 3.05) is 27.2 Å². The van der Waals surface area contributed by atoms with Crippen molar-refractivity contribution in [3.8, 4) is 0 Å². The number of nitrogens with zero attached hydrogens (tertiary/aromatic N) is 2. The molecule has 1 unspecified atom stereocenters. The fourth-order valence-electron chi connectivity index (χ4n) is 2.35. The van der Waals surface area contributed by atoms with Gasteiger partial charge in [0.2, 0.25) is 0 Å². The maximum atomic E-state index is 14.0. The van der Waals surface area contributed by atoms with Crippen LogP contribution in [0.3, 0.4) is 0 Å². The van der Waals surface area contributed by atoms with Crippen LogP contribution in [0.15, 0.2) is 40.7 Å². The number of hydrogen-bond acceptors (Lipinski definition) is 3. The molecule has 1 atom stereocenters. The molecule has 0 bridgehead atoms. The zero-order valence-corrected chi connectivity index (χ0v) is 17.4. The molecule has 0 aliphatic carbocycles. The highest BCUT2D eigenvalue weighted by Gasteiger charge is 2.21. The third-order valence-corrected chi connectivity index (χ3v) is 4.58. The van der Waals surface area contributed by atoms with Gasteiger partial charge < -0.3 is 16.0 Å². The van der Waals surface area contributed by atoms with Gasteiger partial charge in [0.1, 0.15) is 11.6 Å². The molecule has 0 amide bonds. The highest BCUT2D eigenvalue weighted by atomic mass is 127. The molecule has 0 saturated carbocycles.